The number of carbonyl (C=O) groups is 1. The van der Waals surface area contributed by atoms with Gasteiger partial charge in [-0.2, -0.15) is 5.10 Å². The Morgan fingerprint density at radius 2 is 1.91 bits per heavy atom. The summed E-state index contributed by atoms with van der Waals surface area (Å²) < 4.78 is 25.6. The Morgan fingerprint density at radius 1 is 1.27 bits per heavy atom. The van der Waals surface area contributed by atoms with E-state index in [1.54, 1.807) is 25.2 Å². The molecule has 1 amide bonds. The number of amides is 1. The molecule has 0 aliphatic heterocycles. The van der Waals surface area contributed by atoms with E-state index >= 15 is 0 Å². The standard InChI is InChI=1S/C14H18N4O3S/c1-4-11-9-13(18(3)16-11)14(19)15-17-22(20,21)12-7-5-10(2)6-8-12/h5-9,17H,4H2,1-3H3,(H,15,19). The third-order valence-electron chi connectivity index (χ3n) is 3.16. The zero-order valence-electron chi connectivity index (χ0n) is 12.6. The molecular formula is C14H18N4O3S. The number of hydrazine groups is 1. The van der Waals surface area contributed by atoms with Crippen LogP contribution in [0.2, 0.25) is 0 Å². The maximum absolute atomic E-state index is 12.1. The molecule has 1 aromatic heterocycles. The molecule has 7 nitrogen and oxygen atoms in total. The fourth-order valence-corrected chi connectivity index (χ4v) is 2.71. The third kappa shape index (κ3) is 3.52. The third-order valence-corrected chi connectivity index (χ3v) is 4.42. The Morgan fingerprint density at radius 3 is 2.45 bits per heavy atom. The molecule has 0 aliphatic carbocycles. The number of nitrogens with zero attached hydrogens (tertiary/aromatic N) is 2. The molecule has 0 radical (unpaired) electrons. The molecule has 0 saturated heterocycles. The first kappa shape index (κ1) is 16.2. The molecule has 118 valence electrons. The number of aromatic nitrogens is 2. The van der Waals surface area contributed by atoms with E-state index in [0.717, 1.165) is 11.3 Å². The lowest BCUT2D eigenvalue weighted by atomic mass is 10.2. The highest BCUT2D eigenvalue weighted by Crippen LogP contribution is 2.09. The molecule has 8 heteroatoms. The van der Waals surface area contributed by atoms with Gasteiger partial charge in [-0.3, -0.25) is 14.9 Å². The number of carbonyl (C=O) groups excluding carboxylic acids is 1. The minimum absolute atomic E-state index is 0.0812. The van der Waals surface area contributed by atoms with E-state index in [1.807, 2.05) is 13.8 Å². The SMILES string of the molecule is CCc1cc(C(=O)NNS(=O)(=O)c2ccc(C)cc2)n(C)n1. The zero-order chi connectivity index (χ0) is 16.3. The summed E-state index contributed by atoms with van der Waals surface area (Å²) in [5.41, 5.74) is 4.18. The lowest BCUT2D eigenvalue weighted by Gasteiger charge is -2.08. The zero-order valence-corrected chi connectivity index (χ0v) is 13.4. The largest absolute Gasteiger partial charge is 0.284 e. The molecule has 0 fully saturated rings. The summed E-state index contributed by atoms with van der Waals surface area (Å²) in [6.07, 6.45) is 0.691. The van der Waals surface area contributed by atoms with Crippen molar-refractivity contribution in [3.8, 4) is 0 Å². The second-order valence-electron chi connectivity index (χ2n) is 4.87. The summed E-state index contributed by atoms with van der Waals surface area (Å²) in [4.78, 5) is 14.2. The summed E-state index contributed by atoms with van der Waals surface area (Å²) in [7, 11) is -2.18. The smallest absolute Gasteiger partial charge is 0.272 e. The summed E-state index contributed by atoms with van der Waals surface area (Å²) in [6, 6.07) is 7.94. The molecule has 1 heterocycles. The van der Waals surface area contributed by atoms with Gasteiger partial charge in [0.15, 0.2) is 0 Å². The first-order valence-electron chi connectivity index (χ1n) is 6.75. The molecular weight excluding hydrogens is 304 g/mol. The van der Waals surface area contributed by atoms with Crippen molar-refractivity contribution < 1.29 is 13.2 Å². The molecule has 0 aliphatic rings. The topological polar surface area (TPSA) is 93.1 Å². The van der Waals surface area contributed by atoms with Gasteiger partial charge in [-0.05, 0) is 31.5 Å². The second-order valence-corrected chi connectivity index (χ2v) is 6.55. The van der Waals surface area contributed by atoms with Gasteiger partial charge >= 0.3 is 0 Å². The average Bonchev–Trinajstić information content (AvgIpc) is 2.86. The molecule has 0 unspecified atom stereocenters. The van der Waals surface area contributed by atoms with Crippen LogP contribution >= 0.6 is 0 Å². The van der Waals surface area contributed by atoms with Gasteiger partial charge in [-0.15, -0.1) is 4.83 Å². The van der Waals surface area contributed by atoms with Crippen molar-refractivity contribution in [2.75, 3.05) is 0 Å². The van der Waals surface area contributed by atoms with Crippen molar-refractivity contribution in [3.05, 3.63) is 47.3 Å². The van der Waals surface area contributed by atoms with Crippen molar-refractivity contribution in [1.82, 2.24) is 20.0 Å². The maximum Gasteiger partial charge on any atom is 0.284 e. The van der Waals surface area contributed by atoms with E-state index in [9.17, 15) is 13.2 Å². The van der Waals surface area contributed by atoms with Gasteiger partial charge in [0.25, 0.3) is 15.9 Å². The molecule has 22 heavy (non-hydrogen) atoms. The lowest BCUT2D eigenvalue weighted by molar-refractivity contribution is 0.0935. The van der Waals surface area contributed by atoms with Crippen LogP contribution in [-0.2, 0) is 23.5 Å². The first-order chi connectivity index (χ1) is 10.3. The molecule has 1 aromatic carbocycles. The summed E-state index contributed by atoms with van der Waals surface area (Å²) in [5, 5.41) is 4.14. The Bertz CT molecular complexity index is 779. The Balaban J connectivity index is 2.09. The van der Waals surface area contributed by atoms with Crippen LogP contribution in [0.3, 0.4) is 0 Å². The number of hydrogen-bond donors (Lipinski definition) is 2. The Kier molecular flexibility index (Phi) is 4.62. The average molecular weight is 322 g/mol. The van der Waals surface area contributed by atoms with Crippen LogP contribution in [0, 0.1) is 6.92 Å². The van der Waals surface area contributed by atoms with Gasteiger partial charge in [0, 0.05) is 7.05 Å². The van der Waals surface area contributed by atoms with Gasteiger partial charge in [0.1, 0.15) is 5.69 Å². The minimum Gasteiger partial charge on any atom is -0.272 e. The highest BCUT2D eigenvalue weighted by molar-refractivity contribution is 7.89. The quantitative estimate of drug-likeness (QED) is 0.800. The number of sulfonamides is 1. The predicted octanol–water partition coefficient (Wildman–Crippen LogP) is 0.914. The number of hydrogen-bond acceptors (Lipinski definition) is 4. The van der Waals surface area contributed by atoms with Crippen LogP contribution in [0.5, 0.6) is 0 Å². The van der Waals surface area contributed by atoms with E-state index < -0.39 is 15.9 Å². The molecule has 2 rings (SSSR count). The van der Waals surface area contributed by atoms with Crippen LogP contribution in [0.4, 0.5) is 0 Å². The van der Waals surface area contributed by atoms with E-state index in [2.05, 4.69) is 15.4 Å². The molecule has 0 bridgehead atoms. The summed E-state index contributed by atoms with van der Waals surface area (Å²) in [6.45, 7) is 3.78. The fraction of sp³-hybridized carbons (Fsp3) is 0.286. The van der Waals surface area contributed by atoms with Crippen molar-refractivity contribution in [2.24, 2.45) is 7.05 Å². The normalized spacial score (nSPS) is 11.4. The molecule has 0 atom stereocenters. The van der Waals surface area contributed by atoms with Crippen LogP contribution in [0.1, 0.15) is 28.7 Å². The van der Waals surface area contributed by atoms with Crippen LogP contribution in [-0.4, -0.2) is 24.1 Å². The highest BCUT2D eigenvalue weighted by Gasteiger charge is 2.17. The summed E-state index contributed by atoms with van der Waals surface area (Å²) >= 11 is 0. The Hall–Kier alpha value is -2.19. The van der Waals surface area contributed by atoms with E-state index in [-0.39, 0.29) is 10.6 Å². The van der Waals surface area contributed by atoms with Crippen molar-refractivity contribution in [1.29, 1.82) is 0 Å². The van der Waals surface area contributed by atoms with Gasteiger partial charge in [0.05, 0.1) is 10.6 Å². The lowest BCUT2D eigenvalue weighted by Crippen LogP contribution is -2.42. The van der Waals surface area contributed by atoms with Gasteiger partial charge in [0.2, 0.25) is 0 Å². The van der Waals surface area contributed by atoms with Gasteiger partial charge in [-0.1, -0.05) is 24.6 Å². The van der Waals surface area contributed by atoms with Crippen LogP contribution in [0.15, 0.2) is 35.2 Å². The molecule has 0 spiro atoms. The van der Waals surface area contributed by atoms with E-state index in [0.29, 0.717) is 6.42 Å². The molecule has 0 saturated carbocycles. The number of nitrogens with one attached hydrogen (secondary N) is 2. The maximum atomic E-state index is 12.1. The van der Waals surface area contributed by atoms with Gasteiger partial charge < -0.3 is 0 Å². The van der Waals surface area contributed by atoms with Gasteiger partial charge in [-0.25, -0.2) is 8.42 Å². The summed E-state index contributed by atoms with van der Waals surface area (Å²) in [5.74, 6) is -0.564. The van der Waals surface area contributed by atoms with Crippen molar-refractivity contribution in [3.63, 3.8) is 0 Å². The number of benzene rings is 1. The monoisotopic (exact) mass is 322 g/mol. The number of aryl methyl sites for hydroxylation is 3. The minimum atomic E-state index is -3.80. The van der Waals surface area contributed by atoms with E-state index in [1.165, 1.54) is 16.8 Å². The fourth-order valence-electron chi connectivity index (χ4n) is 1.87. The number of rotatable bonds is 5. The predicted molar refractivity (Wildman–Crippen MR) is 81.6 cm³/mol. The second kappa shape index (κ2) is 6.29. The Labute approximate surface area is 129 Å². The van der Waals surface area contributed by atoms with Crippen molar-refractivity contribution in [2.45, 2.75) is 25.2 Å². The molecule has 2 aromatic rings. The molecule has 2 N–H and O–H groups in total. The van der Waals surface area contributed by atoms with E-state index in [4.69, 9.17) is 0 Å². The first-order valence-corrected chi connectivity index (χ1v) is 8.23. The van der Waals surface area contributed by atoms with Crippen LogP contribution < -0.4 is 10.3 Å². The highest BCUT2D eigenvalue weighted by atomic mass is 32.2. The van der Waals surface area contributed by atoms with Crippen LogP contribution in [0.25, 0.3) is 0 Å². The van der Waals surface area contributed by atoms with Crippen molar-refractivity contribution >= 4 is 15.9 Å².